The van der Waals surface area contributed by atoms with Gasteiger partial charge in [0.1, 0.15) is 0 Å². The van der Waals surface area contributed by atoms with E-state index >= 15 is 0 Å². The van der Waals surface area contributed by atoms with E-state index in [0.29, 0.717) is 30.1 Å². The molecule has 4 aliphatic carbocycles. The number of hydrogen-bond donors (Lipinski definition) is 0. The van der Waals surface area contributed by atoms with E-state index in [9.17, 15) is 4.79 Å². The van der Waals surface area contributed by atoms with E-state index in [1.54, 1.807) is 5.57 Å². The molecule has 210 valence electrons. The molecule has 0 radical (unpaired) electrons. The molecule has 0 aliphatic heterocycles. The quantitative estimate of drug-likeness (QED) is 0.280. The van der Waals surface area contributed by atoms with Crippen LogP contribution in [0.3, 0.4) is 0 Å². The van der Waals surface area contributed by atoms with Gasteiger partial charge in [0.25, 0.3) is 0 Å². The zero-order chi connectivity index (χ0) is 27.6. The summed E-state index contributed by atoms with van der Waals surface area (Å²) >= 11 is 0. The van der Waals surface area contributed by atoms with Crippen molar-refractivity contribution < 1.29 is 18.1 Å². The zero-order valence-corrected chi connectivity index (χ0v) is 28.6. The average Bonchev–Trinajstić information content (AvgIpc) is 3.06. The van der Waals surface area contributed by atoms with E-state index in [-0.39, 0.29) is 22.9 Å². The first kappa shape index (κ1) is 29.5. The van der Waals surface area contributed by atoms with Crippen molar-refractivity contribution in [2.45, 2.75) is 117 Å². The number of hydrogen-bond acceptors (Lipinski definition) is 4. The summed E-state index contributed by atoms with van der Waals surface area (Å²) in [5.74, 6) is 3.27. The molecule has 0 amide bonds. The summed E-state index contributed by atoms with van der Waals surface area (Å²) < 4.78 is 19.7. The Kier molecular flexibility index (Phi) is 7.86. The molecular formula is C30H54O4Si3. The Morgan fingerprint density at radius 2 is 1.62 bits per heavy atom. The maximum atomic E-state index is 13.6. The first-order valence-electron chi connectivity index (χ1n) is 14.8. The molecule has 4 rings (SSSR count). The molecule has 0 N–H and O–H groups in total. The van der Waals surface area contributed by atoms with Crippen LogP contribution in [0.4, 0.5) is 0 Å². The molecule has 3 fully saturated rings. The van der Waals surface area contributed by atoms with Crippen molar-refractivity contribution in [3.05, 3.63) is 23.5 Å². The van der Waals surface area contributed by atoms with E-state index in [0.717, 1.165) is 31.4 Å². The second-order valence-electron chi connectivity index (χ2n) is 15.9. The Bertz CT molecular complexity index is 953. The van der Waals surface area contributed by atoms with Crippen molar-refractivity contribution >= 4 is 30.7 Å². The first-order chi connectivity index (χ1) is 16.8. The summed E-state index contributed by atoms with van der Waals surface area (Å²) in [6.45, 7) is 25.6. The van der Waals surface area contributed by atoms with Crippen molar-refractivity contribution in [1.82, 2.24) is 0 Å². The van der Waals surface area contributed by atoms with Crippen LogP contribution in [0.1, 0.15) is 52.4 Å². The Balaban J connectivity index is 1.65. The van der Waals surface area contributed by atoms with Gasteiger partial charge in [-0.2, -0.15) is 0 Å². The molecule has 0 bridgehead atoms. The Morgan fingerprint density at radius 3 is 2.22 bits per heavy atom. The predicted molar refractivity (Wildman–Crippen MR) is 161 cm³/mol. The molecule has 0 aromatic carbocycles. The number of rotatable bonds is 8. The van der Waals surface area contributed by atoms with Gasteiger partial charge >= 0.3 is 0 Å². The highest BCUT2D eigenvalue weighted by atomic mass is 28.4. The van der Waals surface area contributed by atoms with Gasteiger partial charge in [0.05, 0.1) is 12.4 Å². The lowest BCUT2D eigenvalue weighted by Crippen LogP contribution is -2.59. The third kappa shape index (κ3) is 6.16. The number of fused-ring (bicyclic) bond motifs is 5. The Hall–Kier alpha value is -0.479. The van der Waals surface area contributed by atoms with Gasteiger partial charge < -0.3 is 13.3 Å². The lowest BCUT2D eigenvalue weighted by atomic mass is 9.46. The highest BCUT2D eigenvalue weighted by molar-refractivity contribution is 6.70. The van der Waals surface area contributed by atoms with Gasteiger partial charge in [-0.25, -0.2) is 0 Å². The molecule has 0 aromatic heterocycles. The topological polar surface area (TPSA) is 44.8 Å². The van der Waals surface area contributed by atoms with Crippen LogP contribution >= 0.6 is 0 Å². The standard InChI is InChI=1S/C30H54O4Si3/c1-29-17-16-22(33-36(6,7)8)18-21(29)12-13-23-24-14-15-25(26(31)20-32-35(3,4)5)30(24,2)19-27(28(23)29)34-37(9,10)11/h16,18,23-25,27-28H,12-15,17,19-20H2,1-11H3/t23?,24?,25-,27+,28?,29+,30+/m1/s1. The summed E-state index contributed by atoms with van der Waals surface area (Å²) in [6.07, 6.45) is 11.6. The van der Waals surface area contributed by atoms with Crippen LogP contribution in [-0.4, -0.2) is 43.4 Å². The Morgan fingerprint density at radius 1 is 0.946 bits per heavy atom. The van der Waals surface area contributed by atoms with Gasteiger partial charge in [0.2, 0.25) is 8.32 Å². The smallest absolute Gasteiger partial charge is 0.242 e. The number of Topliss-reactive ketones (excluding diaryl/α,β-unsaturated/α-hetero) is 1. The molecule has 4 aliphatic rings. The van der Waals surface area contributed by atoms with Crippen LogP contribution in [0, 0.1) is 34.5 Å². The Labute approximate surface area is 230 Å². The van der Waals surface area contributed by atoms with E-state index in [1.807, 2.05) is 0 Å². The van der Waals surface area contributed by atoms with Crippen LogP contribution < -0.4 is 0 Å². The fourth-order valence-electron chi connectivity index (χ4n) is 8.39. The fraction of sp³-hybridized carbons (Fsp3) is 0.833. The van der Waals surface area contributed by atoms with Crippen LogP contribution in [0.25, 0.3) is 0 Å². The summed E-state index contributed by atoms with van der Waals surface area (Å²) in [6, 6.07) is 0. The van der Waals surface area contributed by atoms with Gasteiger partial charge in [-0.05, 0) is 138 Å². The molecule has 7 atom stereocenters. The highest BCUT2D eigenvalue weighted by Crippen LogP contribution is 2.67. The first-order valence-corrected chi connectivity index (χ1v) is 25.0. The lowest BCUT2D eigenvalue weighted by molar-refractivity contribution is -0.141. The molecular weight excluding hydrogens is 509 g/mol. The van der Waals surface area contributed by atoms with Gasteiger partial charge in [-0.3, -0.25) is 4.79 Å². The fourth-order valence-corrected chi connectivity index (χ4v) is 11.0. The minimum absolute atomic E-state index is 0.0134. The number of allylic oxidation sites excluding steroid dienone is 3. The molecule has 3 saturated carbocycles. The van der Waals surface area contributed by atoms with Gasteiger partial charge in [-0.15, -0.1) is 0 Å². The van der Waals surface area contributed by atoms with E-state index in [1.165, 1.54) is 12.8 Å². The number of ketones is 1. The molecule has 0 spiro atoms. The second kappa shape index (κ2) is 9.86. The van der Waals surface area contributed by atoms with Crippen molar-refractivity contribution in [1.29, 1.82) is 0 Å². The van der Waals surface area contributed by atoms with Crippen LogP contribution in [0.15, 0.2) is 23.5 Å². The summed E-state index contributed by atoms with van der Waals surface area (Å²) in [5.41, 5.74) is 1.70. The summed E-state index contributed by atoms with van der Waals surface area (Å²) in [4.78, 5) is 13.6. The molecule has 37 heavy (non-hydrogen) atoms. The zero-order valence-electron chi connectivity index (χ0n) is 25.6. The molecule has 7 heteroatoms. The molecule has 0 heterocycles. The highest BCUT2D eigenvalue weighted by Gasteiger charge is 2.63. The SMILES string of the molecule is C[C@]12CC=C(O[Si](C)(C)C)C=C1CCC1C2[C@@H](O[Si](C)(C)C)C[C@@]2(C)C1CC[C@@H]2C(=O)CO[Si](C)(C)C. The van der Waals surface area contributed by atoms with Crippen LogP contribution in [0.2, 0.25) is 58.9 Å². The summed E-state index contributed by atoms with van der Waals surface area (Å²) in [7, 11) is -5.14. The predicted octanol–water partition coefficient (Wildman–Crippen LogP) is 8.16. The normalized spacial score (nSPS) is 38.2. The van der Waals surface area contributed by atoms with E-state index < -0.39 is 25.0 Å². The van der Waals surface area contributed by atoms with Crippen molar-refractivity contribution in [2.75, 3.05) is 6.61 Å². The number of carbonyl (C=O) groups excluding carboxylic acids is 1. The van der Waals surface area contributed by atoms with Crippen LogP contribution in [0.5, 0.6) is 0 Å². The van der Waals surface area contributed by atoms with E-state index in [2.05, 4.69) is 84.9 Å². The minimum Gasteiger partial charge on any atom is -0.545 e. The van der Waals surface area contributed by atoms with Gasteiger partial charge in [0.15, 0.2) is 22.4 Å². The van der Waals surface area contributed by atoms with Crippen molar-refractivity contribution in [2.24, 2.45) is 34.5 Å². The monoisotopic (exact) mass is 562 g/mol. The molecule has 0 saturated heterocycles. The van der Waals surface area contributed by atoms with Gasteiger partial charge in [-0.1, -0.05) is 19.4 Å². The summed E-state index contributed by atoms with van der Waals surface area (Å²) in [5, 5.41) is 0. The third-order valence-corrected chi connectivity index (χ3v) is 12.5. The van der Waals surface area contributed by atoms with Crippen molar-refractivity contribution in [3.8, 4) is 0 Å². The maximum absolute atomic E-state index is 13.6. The molecule has 4 nitrogen and oxygen atoms in total. The maximum Gasteiger partial charge on any atom is 0.242 e. The van der Waals surface area contributed by atoms with E-state index in [4.69, 9.17) is 13.3 Å². The molecule has 0 aromatic rings. The van der Waals surface area contributed by atoms with Crippen molar-refractivity contribution in [3.63, 3.8) is 0 Å². The van der Waals surface area contributed by atoms with Gasteiger partial charge in [0, 0.05) is 12.0 Å². The minimum atomic E-state index is -1.78. The third-order valence-electron chi connectivity index (χ3n) is 9.65. The second-order valence-corrected chi connectivity index (χ2v) is 29.3. The largest absolute Gasteiger partial charge is 0.545 e. The lowest BCUT2D eigenvalue weighted by Gasteiger charge is -2.61. The molecule has 3 unspecified atom stereocenters. The number of carbonyl (C=O) groups is 1. The average molecular weight is 563 g/mol. The van der Waals surface area contributed by atoms with Crippen LogP contribution in [-0.2, 0) is 18.1 Å².